The summed E-state index contributed by atoms with van der Waals surface area (Å²) in [4.78, 5) is 33.0. The second kappa shape index (κ2) is 9.65. The molecular weight excluding hydrogens is 461 g/mol. The highest BCUT2D eigenvalue weighted by molar-refractivity contribution is 6.08. The van der Waals surface area contributed by atoms with E-state index in [0.717, 1.165) is 23.4 Å². The highest BCUT2D eigenvalue weighted by Gasteiger charge is 2.39. The highest BCUT2D eigenvalue weighted by Crippen LogP contribution is 2.28. The first-order chi connectivity index (χ1) is 16.5. The van der Waals surface area contributed by atoms with Crippen molar-refractivity contribution in [3.8, 4) is 0 Å². The van der Waals surface area contributed by atoms with E-state index in [1.165, 1.54) is 11.1 Å². The molecule has 0 saturated carbocycles. The first-order valence-electron chi connectivity index (χ1n) is 11.3. The third kappa shape index (κ3) is 5.45. The summed E-state index contributed by atoms with van der Waals surface area (Å²) in [5.74, 6) is -0.0324. The molecule has 186 valence electrons. The summed E-state index contributed by atoms with van der Waals surface area (Å²) in [5, 5.41) is 8.60. The molecule has 0 bridgehead atoms. The van der Waals surface area contributed by atoms with E-state index in [0.29, 0.717) is 30.9 Å². The molecule has 1 aromatic carbocycles. The third-order valence-electron chi connectivity index (χ3n) is 6.21. The molecule has 4 rings (SSSR count). The molecule has 1 saturated heterocycles. The van der Waals surface area contributed by atoms with Gasteiger partial charge in [0.15, 0.2) is 0 Å². The number of halogens is 3. The van der Waals surface area contributed by atoms with Crippen molar-refractivity contribution >= 4 is 17.6 Å². The van der Waals surface area contributed by atoms with E-state index in [-0.39, 0.29) is 12.5 Å². The number of alkyl halides is 3. The zero-order valence-corrected chi connectivity index (χ0v) is 19.7. The molecule has 3 amide bonds. The molecule has 1 aromatic heterocycles. The quantitative estimate of drug-likeness (QED) is 0.718. The number of amides is 3. The molecule has 0 spiro atoms. The van der Waals surface area contributed by atoms with Crippen molar-refractivity contribution in [2.45, 2.75) is 32.1 Å². The van der Waals surface area contributed by atoms with Crippen molar-refractivity contribution in [2.75, 3.05) is 33.2 Å². The second-order valence-corrected chi connectivity index (χ2v) is 8.92. The maximum atomic E-state index is 13.0. The number of urea groups is 1. The lowest BCUT2D eigenvalue weighted by atomic mass is 10.0. The monoisotopic (exact) mass is 488 g/mol. The summed E-state index contributed by atoms with van der Waals surface area (Å²) >= 11 is 0. The van der Waals surface area contributed by atoms with Gasteiger partial charge in [0.25, 0.3) is 0 Å². The van der Waals surface area contributed by atoms with Gasteiger partial charge >= 0.3 is 12.2 Å². The Labute approximate surface area is 201 Å². The van der Waals surface area contributed by atoms with Gasteiger partial charge < -0.3 is 10.2 Å². The van der Waals surface area contributed by atoms with E-state index >= 15 is 0 Å². The first-order valence-corrected chi connectivity index (χ1v) is 11.3. The first kappa shape index (κ1) is 24.6. The van der Waals surface area contributed by atoms with Crippen molar-refractivity contribution in [2.24, 2.45) is 5.10 Å². The molecule has 2 atom stereocenters. The van der Waals surface area contributed by atoms with Crippen LogP contribution < -0.4 is 5.32 Å². The number of likely N-dealkylation sites (N-methyl/N-ethyl adjacent to an activating group) is 1. The molecule has 1 fully saturated rings. The number of benzene rings is 1. The van der Waals surface area contributed by atoms with E-state index in [9.17, 15) is 22.8 Å². The minimum Gasteiger partial charge on any atom is -0.330 e. The van der Waals surface area contributed by atoms with Crippen LogP contribution in [0.25, 0.3) is 0 Å². The van der Waals surface area contributed by atoms with Crippen LogP contribution in [0.3, 0.4) is 0 Å². The predicted octanol–water partition coefficient (Wildman–Crippen LogP) is 3.04. The fourth-order valence-electron chi connectivity index (χ4n) is 4.14. The average Bonchev–Trinajstić information content (AvgIpc) is 3.24. The van der Waals surface area contributed by atoms with Gasteiger partial charge in [-0.25, -0.2) is 9.80 Å². The minimum absolute atomic E-state index is 0.0324. The fourth-order valence-corrected chi connectivity index (χ4v) is 4.14. The highest BCUT2D eigenvalue weighted by atomic mass is 19.4. The number of piperazine rings is 1. The van der Waals surface area contributed by atoms with Gasteiger partial charge in [-0.05, 0) is 38.1 Å². The van der Waals surface area contributed by atoms with E-state index in [2.05, 4.69) is 15.4 Å². The molecule has 1 N–H and O–H groups in total. The van der Waals surface area contributed by atoms with Crippen LogP contribution in [0, 0.1) is 6.92 Å². The second-order valence-electron chi connectivity index (χ2n) is 8.92. The number of aryl methyl sites for hydroxylation is 1. The minimum atomic E-state index is -4.53. The van der Waals surface area contributed by atoms with Gasteiger partial charge in [-0.3, -0.25) is 14.7 Å². The lowest BCUT2D eigenvalue weighted by molar-refractivity contribution is -0.141. The van der Waals surface area contributed by atoms with Crippen LogP contribution in [0.4, 0.5) is 18.0 Å². The van der Waals surface area contributed by atoms with Crippen molar-refractivity contribution in [1.82, 2.24) is 25.1 Å². The van der Waals surface area contributed by atoms with Crippen molar-refractivity contribution < 1.29 is 22.8 Å². The van der Waals surface area contributed by atoms with Gasteiger partial charge in [0.05, 0.1) is 30.9 Å². The molecule has 1 unspecified atom stereocenters. The SMILES string of the molecule is Cc1ccc(C2=NN(C(=O)NC(C)c3ccc(C(F)(F)F)nc3)C[C@@H]2N2CCN(C)CC2=O)cc1. The van der Waals surface area contributed by atoms with Crippen LogP contribution in [0.5, 0.6) is 0 Å². The Kier molecular flexibility index (Phi) is 6.79. The number of nitrogens with one attached hydrogen (secondary N) is 1. The normalized spacial score (nSPS) is 20.1. The van der Waals surface area contributed by atoms with E-state index < -0.39 is 30.0 Å². The molecule has 0 aliphatic carbocycles. The number of hydrogen-bond donors (Lipinski definition) is 1. The Hall–Kier alpha value is -3.47. The number of pyridine rings is 1. The van der Waals surface area contributed by atoms with Crippen LogP contribution in [0.15, 0.2) is 47.7 Å². The van der Waals surface area contributed by atoms with Gasteiger partial charge in [0.2, 0.25) is 5.91 Å². The van der Waals surface area contributed by atoms with Crippen molar-refractivity contribution in [3.63, 3.8) is 0 Å². The van der Waals surface area contributed by atoms with Gasteiger partial charge in [-0.2, -0.15) is 18.3 Å². The zero-order chi connectivity index (χ0) is 25.3. The largest absolute Gasteiger partial charge is 0.433 e. The molecule has 2 aromatic rings. The molecule has 11 heteroatoms. The summed E-state index contributed by atoms with van der Waals surface area (Å²) in [6.45, 7) is 5.34. The Morgan fingerprint density at radius 1 is 1.14 bits per heavy atom. The summed E-state index contributed by atoms with van der Waals surface area (Å²) in [7, 11) is 1.89. The molecule has 8 nitrogen and oxygen atoms in total. The lowest BCUT2D eigenvalue weighted by Crippen LogP contribution is -2.56. The lowest BCUT2D eigenvalue weighted by Gasteiger charge is -2.36. The Balaban J connectivity index is 1.53. The molecular formula is C24H27F3N6O2. The van der Waals surface area contributed by atoms with Crippen LogP contribution in [0.1, 0.15) is 35.3 Å². The van der Waals surface area contributed by atoms with Crippen LogP contribution in [0.2, 0.25) is 0 Å². The van der Waals surface area contributed by atoms with Gasteiger partial charge in [0, 0.05) is 19.3 Å². The number of aromatic nitrogens is 1. The fraction of sp³-hybridized carbons (Fsp3) is 0.417. The van der Waals surface area contributed by atoms with E-state index in [1.54, 1.807) is 11.8 Å². The van der Waals surface area contributed by atoms with Crippen molar-refractivity contribution in [3.05, 3.63) is 65.0 Å². The average molecular weight is 489 g/mol. The number of nitrogens with zero attached hydrogens (tertiary/aromatic N) is 5. The zero-order valence-electron chi connectivity index (χ0n) is 19.7. The predicted molar refractivity (Wildman–Crippen MR) is 124 cm³/mol. The Morgan fingerprint density at radius 3 is 2.46 bits per heavy atom. The maximum absolute atomic E-state index is 13.0. The number of carbonyl (C=O) groups is 2. The summed E-state index contributed by atoms with van der Waals surface area (Å²) in [5.41, 5.74) is 1.96. The smallest absolute Gasteiger partial charge is 0.330 e. The number of rotatable bonds is 4. The van der Waals surface area contributed by atoms with Crippen LogP contribution in [-0.2, 0) is 11.0 Å². The molecule has 2 aliphatic rings. The summed E-state index contributed by atoms with van der Waals surface area (Å²) in [6, 6.07) is 8.40. The summed E-state index contributed by atoms with van der Waals surface area (Å²) < 4.78 is 38.4. The number of hydrogen-bond acceptors (Lipinski definition) is 5. The Bertz CT molecular complexity index is 1120. The van der Waals surface area contributed by atoms with Gasteiger partial charge in [-0.1, -0.05) is 35.9 Å². The number of hydrazone groups is 1. The van der Waals surface area contributed by atoms with Crippen LogP contribution in [-0.4, -0.2) is 76.7 Å². The molecule has 0 radical (unpaired) electrons. The maximum Gasteiger partial charge on any atom is 0.433 e. The molecule has 2 aliphatic heterocycles. The van der Waals surface area contributed by atoms with E-state index in [1.807, 2.05) is 43.1 Å². The number of carbonyl (C=O) groups excluding carboxylic acids is 2. The molecule has 35 heavy (non-hydrogen) atoms. The van der Waals surface area contributed by atoms with Crippen LogP contribution >= 0.6 is 0 Å². The standard InChI is InChI=1S/C24H27F3N6O2/c1-15-4-6-17(7-5-15)22-19(32-11-10-31(3)14-21(32)34)13-33(30-22)23(35)29-16(2)18-8-9-20(28-12-18)24(25,26)27/h4-9,12,16,19H,10-11,13-14H2,1-3H3,(H,29,35)/t16?,19-/m0/s1. The summed E-state index contributed by atoms with van der Waals surface area (Å²) in [6.07, 6.45) is -3.43. The Morgan fingerprint density at radius 2 is 1.86 bits per heavy atom. The topological polar surface area (TPSA) is 81.1 Å². The third-order valence-corrected chi connectivity index (χ3v) is 6.21. The van der Waals surface area contributed by atoms with Gasteiger partial charge in [0.1, 0.15) is 5.69 Å². The van der Waals surface area contributed by atoms with E-state index in [4.69, 9.17) is 0 Å². The molecule has 3 heterocycles. The van der Waals surface area contributed by atoms with Gasteiger partial charge in [-0.15, -0.1) is 0 Å². The van der Waals surface area contributed by atoms with Crippen molar-refractivity contribution in [1.29, 1.82) is 0 Å².